The average molecular weight is 491 g/mol. The third-order valence-corrected chi connectivity index (χ3v) is 7.23. The topological polar surface area (TPSA) is 84.9 Å². The van der Waals surface area contributed by atoms with Crippen molar-refractivity contribution in [2.24, 2.45) is 0 Å². The summed E-state index contributed by atoms with van der Waals surface area (Å²) >= 11 is 12.3. The summed E-state index contributed by atoms with van der Waals surface area (Å²) in [6.07, 6.45) is 0.407. The molecule has 0 aliphatic carbocycles. The van der Waals surface area contributed by atoms with Crippen LogP contribution in [-0.2, 0) is 14.8 Å². The number of carbonyl (C=O) groups is 1. The van der Waals surface area contributed by atoms with Gasteiger partial charge < -0.3 is 14.8 Å². The van der Waals surface area contributed by atoms with Gasteiger partial charge in [-0.3, -0.25) is 4.79 Å². The normalized spacial score (nSPS) is 14.9. The highest BCUT2D eigenvalue weighted by Gasteiger charge is 2.30. The Morgan fingerprint density at radius 2 is 1.87 bits per heavy atom. The first-order chi connectivity index (χ1) is 14.8. The van der Waals surface area contributed by atoms with Crippen LogP contribution in [0.5, 0.6) is 5.75 Å². The van der Waals surface area contributed by atoms with E-state index in [4.69, 9.17) is 32.7 Å². The molecule has 11 heteroatoms. The van der Waals surface area contributed by atoms with E-state index in [2.05, 4.69) is 5.32 Å². The van der Waals surface area contributed by atoms with Gasteiger partial charge >= 0.3 is 0 Å². The van der Waals surface area contributed by atoms with Crippen LogP contribution in [0.4, 0.5) is 4.39 Å². The lowest BCUT2D eigenvalue weighted by molar-refractivity contribution is 0.0730. The van der Waals surface area contributed by atoms with Crippen LogP contribution >= 0.6 is 23.2 Å². The fraction of sp³-hybridized carbons (Fsp3) is 0.350. The third-order valence-electron chi connectivity index (χ3n) is 4.55. The van der Waals surface area contributed by atoms with E-state index >= 15 is 0 Å². The molecule has 1 aliphatic rings. The summed E-state index contributed by atoms with van der Waals surface area (Å²) < 4.78 is 51.1. The Hall–Kier alpha value is -1.91. The van der Waals surface area contributed by atoms with Crippen molar-refractivity contribution in [2.45, 2.75) is 11.3 Å². The van der Waals surface area contributed by atoms with Gasteiger partial charge in [0.1, 0.15) is 4.90 Å². The molecule has 1 saturated heterocycles. The maximum Gasteiger partial charge on any atom is 0.252 e. The van der Waals surface area contributed by atoms with Crippen LogP contribution in [0, 0.1) is 5.82 Å². The molecule has 0 atom stereocenters. The van der Waals surface area contributed by atoms with Gasteiger partial charge in [-0.1, -0.05) is 35.3 Å². The second kappa shape index (κ2) is 10.6. The van der Waals surface area contributed by atoms with Crippen molar-refractivity contribution in [2.75, 3.05) is 39.5 Å². The van der Waals surface area contributed by atoms with E-state index in [9.17, 15) is 17.6 Å². The molecule has 1 amide bonds. The predicted octanol–water partition coefficient (Wildman–Crippen LogP) is 3.35. The molecular formula is C20H21Cl2FN2O5S. The van der Waals surface area contributed by atoms with Crippen molar-refractivity contribution >= 4 is 39.1 Å². The van der Waals surface area contributed by atoms with Crippen molar-refractivity contribution in [1.82, 2.24) is 9.62 Å². The van der Waals surface area contributed by atoms with Crippen molar-refractivity contribution in [3.05, 3.63) is 57.8 Å². The Kier molecular flexibility index (Phi) is 8.12. The summed E-state index contributed by atoms with van der Waals surface area (Å²) in [6.45, 7) is 1.37. The van der Waals surface area contributed by atoms with Gasteiger partial charge in [-0.25, -0.2) is 12.8 Å². The molecule has 7 nitrogen and oxygen atoms in total. The zero-order chi connectivity index (χ0) is 22.4. The molecule has 1 aliphatic heterocycles. The van der Waals surface area contributed by atoms with E-state index in [1.807, 2.05) is 0 Å². The zero-order valence-electron chi connectivity index (χ0n) is 16.4. The molecule has 0 spiro atoms. The lowest BCUT2D eigenvalue weighted by atomic mass is 10.2. The highest BCUT2D eigenvalue weighted by Crippen LogP contribution is 2.31. The quantitative estimate of drug-likeness (QED) is 0.573. The van der Waals surface area contributed by atoms with Gasteiger partial charge in [-0.15, -0.1) is 0 Å². The van der Waals surface area contributed by atoms with Crippen molar-refractivity contribution < 1.29 is 27.1 Å². The highest BCUT2D eigenvalue weighted by atomic mass is 35.5. The summed E-state index contributed by atoms with van der Waals surface area (Å²) in [5.74, 6) is -0.882. The Balaban J connectivity index is 1.63. The molecule has 0 radical (unpaired) electrons. The highest BCUT2D eigenvalue weighted by molar-refractivity contribution is 7.89. The second-order valence-electron chi connectivity index (χ2n) is 6.67. The molecular weight excluding hydrogens is 470 g/mol. The largest absolute Gasteiger partial charge is 0.490 e. The van der Waals surface area contributed by atoms with E-state index in [0.717, 1.165) is 0 Å². The van der Waals surface area contributed by atoms with E-state index in [1.54, 1.807) is 12.1 Å². The van der Waals surface area contributed by atoms with Gasteiger partial charge in [0.25, 0.3) is 5.91 Å². The Bertz CT molecular complexity index is 1050. The Labute approximate surface area is 190 Å². The van der Waals surface area contributed by atoms with Crippen molar-refractivity contribution in [1.29, 1.82) is 0 Å². The standard InChI is InChI=1S/C20H21Cl2FN2O5S/c21-15-13-16(22)19(31(27,28)25-7-10-29-11-8-25)12-14(15)20(26)24-6-3-9-30-18-5-2-1-4-17(18)23/h1-2,4-5,12-13H,3,6-11H2,(H,24,26). The molecule has 0 bridgehead atoms. The van der Waals surface area contributed by atoms with Gasteiger partial charge in [0.05, 0.1) is 35.4 Å². The van der Waals surface area contributed by atoms with Crippen LogP contribution in [0.2, 0.25) is 10.0 Å². The number of sulfonamides is 1. The molecule has 1 N–H and O–H groups in total. The second-order valence-corrected chi connectivity index (χ2v) is 9.39. The fourth-order valence-corrected chi connectivity index (χ4v) is 5.18. The number of para-hydroxylation sites is 1. The van der Waals surface area contributed by atoms with Gasteiger partial charge in [-0.05, 0) is 30.7 Å². The first kappa shape index (κ1) is 23.7. The average Bonchev–Trinajstić information content (AvgIpc) is 2.75. The van der Waals surface area contributed by atoms with E-state index in [-0.39, 0.29) is 65.7 Å². The van der Waals surface area contributed by atoms with E-state index in [1.165, 1.54) is 28.6 Å². The molecule has 1 heterocycles. The summed E-state index contributed by atoms with van der Waals surface area (Å²) in [6, 6.07) is 8.45. The number of carbonyl (C=O) groups excluding carboxylic acids is 1. The molecule has 0 unspecified atom stereocenters. The number of morpholine rings is 1. The van der Waals surface area contributed by atoms with Gasteiger partial charge in [0, 0.05) is 19.6 Å². The monoisotopic (exact) mass is 490 g/mol. The number of nitrogens with zero attached hydrogens (tertiary/aromatic N) is 1. The Morgan fingerprint density at radius 1 is 1.16 bits per heavy atom. The number of rotatable bonds is 8. The van der Waals surface area contributed by atoms with Crippen LogP contribution in [0.3, 0.4) is 0 Å². The lowest BCUT2D eigenvalue weighted by Crippen LogP contribution is -2.40. The van der Waals surface area contributed by atoms with E-state index in [0.29, 0.717) is 6.42 Å². The summed E-state index contributed by atoms with van der Waals surface area (Å²) in [4.78, 5) is 12.4. The van der Waals surface area contributed by atoms with Crippen molar-refractivity contribution in [3.8, 4) is 5.75 Å². The van der Waals surface area contributed by atoms with Crippen LogP contribution in [0.1, 0.15) is 16.8 Å². The van der Waals surface area contributed by atoms with E-state index < -0.39 is 21.7 Å². The van der Waals surface area contributed by atoms with Crippen molar-refractivity contribution in [3.63, 3.8) is 0 Å². The smallest absolute Gasteiger partial charge is 0.252 e. The Morgan fingerprint density at radius 3 is 2.58 bits per heavy atom. The number of benzene rings is 2. The lowest BCUT2D eigenvalue weighted by Gasteiger charge is -2.26. The molecule has 0 saturated carbocycles. The number of amides is 1. The minimum absolute atomic E-state index is 0.00655. The van der Waals surface area contributed by atoms with Crippen LogP contribution < -0.4 is 10.1 Å². The number of hydrogen-bond acceptors (Lipinski definition) is 5. The number of hydrogen-bond donors (Lipinski definition) is 1. The molecule has 2 aromatic rings. The molecule has 31 heavy (non-hydrogen) atoms. The molecule has 3 rings (SSSR count). The van der Waals surface area contributed by atoms with Gasteiger partial charge in [0.2, 0.25) is 10.0 Å². The van der Waals surface area contributed by atoms with Crippen LogP contribution in [-0.4, -0.2) is 58.1 Å². The molecule has 168 valence electrons. The molecule has 2 aromatic carbocycles. The van der Waals surface area contributed by atoms with Gasteiger partial charge in [0.15, 0.2) is 11.6 Å². The van der Waals surface area contributed by atoms with Gasteiger partial charge in [-0.2, -0.15) is 4.31 Å². The minimum Gasteiger partial charge on any atom is -0.490 e. The maximum atomic E-state index is 13.5. The van der Waals surface area contributed by atoms with Crippen LogP contribution in [0.25, 0.3) is 0 Å². The number of nitrogens with one attached hydrogen (secondary N) is 1. The maximum absolute atomic E-state index is 13.5. The van der Waals surface area contributed by atoms with Crippen LogP contribution in [0.15, 0.2) is 41.3 Å². The fourth-order valence-electron chi connectivity index (χ4n) is 2.94. The number of ether oxygens (including phenoxy) is 2. The number of halogens is 3. The molecule has 1 fully saturated rings. The predicted molar refractivity (Wildman–Crippen MR) is 115 cm³/mol. The zero-order valence-corrected chi connectivity index (χ0v) is 18.8. The summed E-state index contributed by atoms with van der Waals surface area (Å²) in [7, 11) is -3.90. The minimum atomic E-state index is -3.90. The third kappa shape index (κ3) is 5.87. The molecule has 0 aromatic heterocycles. The first-order valence-corrected chi connectivity index (χ1v) is 11.7. The first-order valence-electron chi connectivity index (χ1n) is 9.53. The summed E-state index contributed by atoms with van der Waals surface area (Å²) in [5, 5.41) is 2.62. The SMILES string of the molecule is O=C(NCCCOc1ccccc1F)c1cc(S(=O)(=O)N2CCOCC2)c(Cl)cc1Cl. The summed E-state index contributed by atoms with van der Waals surface area (Å²) in [5.41, 5.74) is -0.00655.